The second-order valence-electron chi connectivity index (χ2n) is 21.4. The van der Waals surface area contributed by atoms with Crippen molar-refractivity contribution in [3.8, 4) is 73.9 Å². The molecule has 0 radical (unpaired) electrons. The van der Waals surface area contributed by atoms with Crippen LogP contribution in [-0.4, -0.2) is 34.9 Å². The monoisotopic (exact) mass is 1090 g/mol. The lowest BCUT2D eigenvalue weighted by Crippen LogP contribution is -2.00. The van der Waals surface area contributed by atoms with Gasteiger partial charge < -0.3 is 0 Å². The van der Waals surface area contributed by atoms with Crippen LogP contribution in [0.3, 0.4) is 0 Å². The summed E-state index contributed by atoms with van der Waals surface area (Å²) in [7, 11) is 0. The molecule has 0 saturated carbocycles. The molecule has 8 nitrogen and oxygen atoms in total. The number of nitriles is 1. The number of hydrogen-bond acceptors (Lipinski definition) is 8. The van der Waals surface area contributed by atoms with Gasteiger partial charge in [0.25, 0.3) is 0 Å². The molecule has 17 rings (SSSR count). The molecule has 0 N–H and O–H groups in total. The summed E-state index contributed by atoms with van der Waals surface area (Å²) in [5.41, 5.74) is 13.4. The smallest absolute Gasteiger partial charge is 0.164 e. The average molecular weight is 1100 g/mol. The van der Waals surface area contributed by atoms with Crippen LogP contribution in [0.2, 0.25) is 0 Å². The minimum Gasteiger partial charge on any atom is -0.256 e. The number of rotatable bonds is 6. The molecule has 17 aromatic rings. The largest absolute Gasteiger partial charge is 0.256 e. The van der Waals surface area contributed by atoms with Crippen LogP contribution in [0.5, 0.6) is 0 Å². The van der Waals surface area contributed by atoms with Crippen LogP contribution < -0.4 is 0 Å². The average Bonchev–Trinajstić information content (AvgIpc) is 0.949. The molecule has 8 heteroatoms. The molecule has 5 aromatic heterocycles. The van der Waals surface area contributed by atoms with E-state index in [1.165, 1.54) is 26.9 Å². The molecule has 0 spiro atoms. The SMILES string of the molecule is N#Cc1ccc(-c2cccc(-c3nc4ccccc4c4c3ccc3ncc5ccccc5c34)c2)c2ccccc12.c1ccc(-c2nc(-c3ccccc3)nc(-c3cccc(-c4nc5ccccc5c5c4ccc4ccc6ncccc6c45)c3)n2)cc1. The molecule has 0 unspecified atom stereocenters. The Morgan fingerprint density at radius 2 is 0.756 bits per heavy atom. The second-order valence-corrected chi connectivity index (χ2v) is 21.4. The molecule has 5 heterocycles. The molecule has 0 aliphatic heterocycles. The minimum absolute atomic E-state index is 0.613. The highest BCUT2D eigenvalue weighted by Gasteiger charge is 2.20. The summed E-state index contributed by atoms with van der Waals surface area (Å²) < 4.78 is 0. The highest BCUT2D eigenvalue weighted by molar-refractivity contribution is 6.30. The van der Waals surface area contributed by atoms with Crippen molar-refractivity contribution in [2.24, 2.45) is 0 Å². The van der Waals surface area contributed by atoms with Crippen molar-refractivity contribution >= 4 is 97.5 Å². The zero-order valence-corrected chi connectivity index (χ0v) is 46.1. The number of fused-ring (bicyclic) bond motifs is 15. The molecule has 0 aliphatic carbocycles. The van der Waals surface area contributed by atoms with Crippen LogP contribution >= 0.6 is 0 Å². The zero-order chi connectivity index (χ0) is 57.1. The summed E-state index contributed by atoms with van der Waals surface area (Å²) in [5.74, 6) is 1.88. The topological polar surface area (TPSA) is 114 Å². The Morgan fingerprint density at radius 1 is 0.267 bits per heavy atom. The van der Waals surface area contributed by atoms with E-state index in [0.717, 1.165) is 121 Å². The Kier molecular flexibility index (Phi) is 12.1. The van der Waals surface area contributed by atoms with Crippen molar-refractivity contribution in [1.29, 1.82) is 5.26 Å². The van der Waals surface area contributed by atoms with Crippen molar-refractivity contribution in [2.75, 3.05) is 0 Å². The molecule has 0 atom stereocenters. The molecule has 12 aromatic carbocycles. The van der Waals surface area contributed by atoms with Gasteiger partial charge in [-0.25, -0.2) is 24.9 Å². The van der Waals surface area contributed by atoms with Gasteiger partial charge in [0.1, 0.15) is 0 Å². The summed E-state index contributed by atoms with van der Waals surface area (Å²) in [6.07, 6.45) is 3.81. The third-order valence-electron chi connectivity index (χ3n) is 16.4. The highest BCUT2D eigenvalue weighted by atomic mass is 15.0. The fourth-order valence-electron chi connectivity index (χ4n) is 12.5. The first-order valence-corrected chi connectivity index (χ1v) is 28.6. The Bertz CT molecular complexity index is 5570. The summed E-state index contributed by atoms with van der Waals surface area (Å²) >= 11 is 0. The van der Waals surface area contributed by atoms with Crippen molar-refractivity contribution in [1.82, 2.24) is 34.9 Å². The zero-order valence-electron chi connectivity index (χ0n) is 46.1. The van der Waals surface area contributed by atoms with E-state index in [2.05, 4.69) is 175 Å². The van der Waals surface area contributed by atoms with Crippen LogP contribution in [0.1, 0.15) is 5.56 Å². The molecule has 0 amide bonds. The third-order valence-corrected chi connectivity index (χ3v) is 16.4. The molecule has 0 fully saturated rings. The first kappa shape index (κ1) is 49.9. The maximum atomic E-state index is 9.66. The molecule has 0 saturated heterocycles. The van der Waals surface area contributed by atoms with Crippen LogP contribution in [0.4, 0.5) is 0 Å². The van der Waals surface area contributed by atoms with Crippen molar-refractivity contribution in [3.63, 3.8) is 0 Å². The summed E-state index contributed by atoms with van der Waals surface area (Å²) in [5, 5.41) is 25.5. The molecular formula is C78H46N8. The Balaban J connectivity index is 0.000000141. The fourth-order valence-corrected chi connectivity index (χ4v) is 12.5. The van der Waals surface area contributed by atoms with Gasteiger partial charge >= 0.3 is 0 Å². The van der Waals surface area contributed by atoms with E-state index in [1.54, 1.807) is 0 Å². The summed E-state index contributed by atoms with van der Waals surface area (Å²) in [6.45, 7) is 0. The molecular weight excluding hydrogens is 1050 g/mol. The van der Waals surface area contributed by atoms with Crippen LogP contribution in [-0.2, 0) is 0 Å². The fraction of sp³-hybridized carbons (Fsp3) is 0. The summed E-state index contributed by atoms with van der Waals surface area (Å²) in [6, 6.07) is 93.8. The first-order valence-electron chi connectivity index (χ1n) is 28.6. The van der Waals surface area contributed by atoms with Gasteiger partial charge in [0.2, 0.25) is 0 Å². The van der Waals surface area contributed by atoms with Crippen LogP contribution in [0.15, 0.2) is 279 Å². The van der Waals surface area contributed by atoms with E-state index in [1.807, 2.05) is 116 Å². The lowest BCUT2D eigenvalue weighted by Gasteiger charge is -2.15. The van der Waals surface area contributed by atoms with Crippen LogP contribution in [0, 0.1) is 11.3 Å². The van der Waals surface area contributed by atoms with Crippen LogP contribution in [0.25, 0.3) is 165 Å². The van der Waals surface area contributed by atoms with Gasteiger partial charge in [-0.1, -0.05) is 212 Å². The number of pyridine rings is 4. The predicted molar refractivity (Wildman–Crippen MR) is 352 cm³/mol. The second kappa shape index (κ2) is 20.8. The number of para-hydroxylation sites is 2. The maximum Gasteiger partial charge on any atom is 0.164 e. The lowest BCUT2D eigenvalue weighted by molar-refractivity contribution is 1.07. The van der Waals surface area contributed by atoms with Gasteiger partial charge in [-0.3, -0.25) is 9.97 Å². The van der Waals surface area contributed by atoms with Crippen molar-refractivity contribution in [3.05, 3.63) is 285 Å². The molecule has 0 aliphatic rings. The van der Waals surface area contributed by atoms with E-state index in [4.69, 9.17) is 29.9 Å². The van der Waals surface area contributed by atoms with Crippen molar-refractivity contribution < 1.29 is 0 Å². The van der Waals surface area contributed by atoms with Gasteiger partial charge in [0.15, 0.2) is 17.5 Å². The molecule has 398 valence electrons. The van der Waals surface area contributed by atoms with Gasteiger partial charge in [-0.2, -0.15) is 5.26 Å². The number of nitrogens with zero attached hydrogens (tertiary/aromatic N) is 8. The Labute approximate surface area is 493 Å². The van der Waals surface area contributed by atoms with Gasteiger partial charge in [0, 0.05) is 94.1 Å². The minimum atomic E-state index is 0.613. The Morgan fingerprint density at radius 3 is 1.43 bits per heavy atom. The number of benzene rings is 12. The van der Waals surface area contributed by atoms with Crippen molar-refractivity contribution in [2.45, 2.75) is 0 Å². The number of aromatic nitrogens is 7. The van der Waals surface area contributed by atoms with E-state index in [0.29, 0.717) is 23.0 Å². The van der Waals surface area contributed by atoms with Gasteiger partial charge in [-0.05, 0) is 87.3 Å². The maximum absolute atomic E-state index is 9.66. The van der Waals surface area contributed by atoms with E-state index in [9.17, 15) is 5.26 Å². The first-order chi connectivity index (χ1) is 42.6. The van der Waals surface area contributed by atoms with E-state index < -0.39 is 0 Å². The summed E-state index contributed by atoms with van der Waals surface area (Å²) in [4.78, 5) is 34.8. The molecule has 0 bridgehead atoms. The van der Waals surface area contributed by atoms with E-state index >= 15 is 0 Å². The van der Waals surface area contributed by atoms with E-state index in [-0.39, 0.29) is 0 Å². The normalized spacial score (nSPS) is 11.5. The lowest BCUT2D eigenvalue weighted by atomic mass is 9.92. The third kappa shape index (κ3) is 8.58. The molecule has 86 heavy (non-hydrogen) atoms. The highest BCUT2D eigenvalue weighted by Crippen LogP contribution is 2.43. The number of hydrogen-bond donors (Lipinski definition) is 0. The predicted octanol–water partition coefficient (Wildman–Crippen LogP) is 19.4. The van der Waals surface area contributed by atoms with Gasteiger partial charge in [0.05, 0.1) is 45.1 Å². The standard InChI is InChI=1S/C41H25N5.C37H21N3/c1-3-11-27(12-4-1)39-44-40(28-13-5-2-6-14-28)46-41(45-39)30-16-9-15-29(25-30)38-33-22-20-26-21-23-34-31(18-10-24-42-34)36(26)37(33)32-17-7-8-19-35(32)43-38;38-21-25-16-17-28(30-13-4-3-11-27(25)30)23-9-7-10-24(20-23)37-32-18-19-34-36(29-12-2-1-8-26(29)22-39-34)35(32)31-14-5-6-15-33(31)40-37/h1-25H;1-20,22H. The quantitative estimate of drug-likeness (QED) is 0.151. The Hall–Kier alpha value is -11.9. The van der Waals surface area contributed by atoms with Gasteiger partial charge in [-0.15, -0.1) is 0 Å².